The van der Waals surface area contributed by atoms with Crippen LogP contribution in [-0.4, -0.2) is 29.1 Å². The topological polar surface area (TPSA) is 102 Å². The zero-order valence-electron chi connectivity index (χ0n) is 17.1. The van der Waals surface area contributed by atoms with Crippen molar-refractivity contribution in [2.45, 2.75) is 31.7 Å². The molecule has 0 spiro atoms. The number of ether oxygens (including phenoxy) is 2. The molecule has 3 heterocycles. The number of hydrogen-bond donors (Lipinski definition) is 3. The van der Waals surface area contributed by atoms with Crippen LogP contribution >= 0.6 is 11.3 Å². The molecule has 1 aliphatic carbocycles. The van der Waals surface area contributed by atoms with E-state index in [1.54, 1.807) is 29.8 Å². The molecule has 170 valence electrons. The Hall–Kier alpha value is -3.73. The van der Waals surface area contributed by atoms with Crippen molar-refractivity contribution >= 4 is 34.5 Å². The summed E-state index contributed by atoms with van der Waals surface area (Å²) in [4.78, 5) is 29.5. The smallest absolute Gasteiger partial charge is 0.395 e. The Bertz CT molecular complexity index is 1230. The molecular formula is C22H18F2N4O4S. The summed E-state index contributed by atoms with van der Waals surface area (Å²) in [6.07, 6.45) is -0.159. The van der Waals surface area contributed by atoms with E-state index in [2.05, 4.69) is 30.4 Å². The van der Waals surface area contributed by atoms with Crippen molar-refractivity contribution in [3.63, 3.8) is 0 Å². The van der Waals surface area contributed by atoms with E-state index in [0.717, 1.165) is 18.4 Å². The Morgan fingerprint density at radius 2 is 1.91 bits per heavy atom. The third-order valence-electron chi connectivity index (χ3n) is 4.98. The molecule has 2 amide bonds. The third-order valence-corrected chi connectivity index (χ3v) is 5.90. The molecule has 3 N–H and O–H groups in total. The van der Waals surface area contributed by atoms with Crippen LogP contribution in [0.3, 0.4) is 0 Å². The van der Waals surface area contributed by atoms with Gasteiger partial charge in [0.05, 0.1) is 5.69 Å². The average Bonchev–Trinajstić information content (AvgIpc) is 3.36. The summed E-state index contributed by atoms with van der Waals surface area (Å²) < 4.78 is 35.2. The summed E-state index contributed by atoms with van der Waals surface area (Å²) >= 11 is 1.23. The highest BCUT2D eigenvalue weighted by atomic mass is 32.1. The first-order chi connectivity index (χ1) is 15.9. The average molecular weight is 472 g/mol. The lowest BCUT2D eigenvalue weighted by molar-refractivity contribution is -0.286. The maximum Gasteiger partial charge on any atom is 0.586 e. The number of nitrogens with one attached hydrogen (secondary N) is 3. The summed E-state index contributed by atoms with van der Waals surface area (Å²) in [6, 6.07) is 9.54. The van der Waals surface area contributed by atoms with Gasteiger partial charge in [-0.3, -0.25) is 14.6 Å². The number of anilines is 2. The Morgan fingerprint density at radius 1 is 1.09 bits per heavy atom. The number of thiophene rings is 1. The van der Waals surface area contributed by atoms with Gasteiger partial charge in [0.2, 0.25) is 0 Å². The number of nitrogens with zero attached hydrogens (tertiary/aromatic N) is 1. The molecule has 5 rings (SSSR count). The molecule has 0 radical (unpaired) electrons. The number of carbonyl (C=O) groups is 2. The third kappa shape index (κ3) is 4.87. The molecular weight excluding hydrogens is 454 g/mol. The summed E-state index contributed by atoms with van der Waals surface area (Å²) in [5.74, 6) is -0.852. The van der Waals surface area contributed by atoms with Gasteiger partial charge in [0.25, 0.3) is 11.8 Å². The number of amides is 2. The van der Waals surface area contributed by atoms with Gasteiger partial charge in [-0.15, -0.1) is 20.1 Å². The molecule has 1 fully saturated rings. The van der Waals surface area contributed by atoms with Gasteiger partial charge in [-0.2, -0.15) is 0 Å². The number of pyridine rings is 1. The lowest BCUT2D eigenvalue weighted by atomic mass is 10.2. The Kier molecular flexibility index (Phi) is 5.33. The molecule has 8 nitrogen and oxygen atoms in total. The lowest BCUT2D eigenvalue weighted by Crippen LogP contribution is -2.26. The minimum atomic E-state index is -3.72. The summed E-state index contributed by atoms with van der Waals surface area (Å²) in [5, 5.41) is 10.5. The van der Waals surface area contributed by atoms with Crippen molar-refractivity contribution in [3.05, 3.63) is 64.1 Å². The second-order valence-corrected chi connectivity index (χ2v) is 8.51. The molecule has 0 unspecified atom stereocenters. The largest absolute Gasteiger partial charge is 0.586 e. The van der Waals surface area contributed by atoms with E-state index in [0.29, 0.717) is 28.5 Å². The van der Waals surface area contributed by atoms with Crippen molar-refractivity contribution in [3.8, 4) is 11.5 Å². The second kappa shape index (κ2) is 8.32. The van der Waals surface area contributed by atoms with Crippen LogP contribution in [0.5, 0.6) is 11.5 Å². The Morgan fingerprint density at radius 3 is 2.73 bits per heavy atom. The van der Waals surface area contributed by atoms with Gasteiger partial charge in [-0.25, -0.2) is 0 Å². The molecule has 2 aromatic heterocycles. The Labute approximate surface area is 190 Å². The number of rotatable bonds is 7. The van der Waals surface area contributed by atoms with Crippen molar-refractivity contribution < 1.29 is 27.8 Å². The number of benzene rings is 1. The molecule has 33 heavy (non-hydrogen) atoms. The van der Waals surface area contributed by atoms with Gasteiger partial charge in [0.1, 0.15) is 10.6 Å². The number of hydrogen-bond acceptors (Lipinski definition) is 7. The normalized spacial score (nSPS) is 15.7. The summed E-state index contributed by atoms with van der Waals surface area (Å²) in [7, 11) is 0. The number of halogens is 2. The highest BCUT2D eigenvalue weighted by Gasteiger charge is 2.43. The summed E-state index contributed by atoms with van der Waals surface area (Å²) in [5.41, 5.74) is 2.07. The first kappa shape index (κ1) is 21.1. The van der Waals surface area contributed by atoms with Crippen molar-refractivity contribution in [2.24, 2.45) is 0 Å². The van der Waals surface area contributed by atoms with E-state index >= 15 is 0 Å². The number of aromatic nitrogens is 1. The van der Waals surface area contributed by atoms with Gasteiger partial charge in [0.15, 0.2) is 11.5 Å². The molecule has 0 atom stereocenters. The highest BCUT2D eigenvalue weighted by Crippen LogP contribution is 2.42. The van der Waals surface area contributed by atoms with E-state index in [-0.39, 0.29) is 23.4 Å². The minimum Gasteiger partial charge on any atom is -0.395 e. The van der Waals surface area contributed by atoms with Gasteiger partial charge in [-0.05, 0) is 54.1 Å². The zero-order chi connectivity index (χ0) is 23.0. The number of fused-ring (bicyclic) bond motifs is 1. The van der Waals surface area contributed by atoms with E-state index < -0.39 is 12.2 Å². The van der Waals surface area contributed by atoms with Crippen molar-refractivity contribution in [2.75, 3.05) is 10.6 Å². The first-order valence-corrected chi connectivity index (χ1v) is 11.0. The van der Waals surface area contributed by atoms with E-state index in [1.165, 1.54) is 29.5 Å². The van der Waals surface area contributed by atoms with Gasteiger partial charge < -0.3 is 25.4 Å². The fraction of sp³-hybridized carbons (Fsp3) is 0.227. The first-order valence-electron chi connectivity index (χ1n) is 10.1. The highest BCUT2D eigenvalue weighted by molar-refractivity contribution is 7.12. The lowest BCUT2D eigenvalue weighted by Gasteiger charge is -2.10. The molecule has 11 heteroatoms. The molecule has 3 aromatic rings. The van der Waals surface area contributed by atoms with E-state index in [4.69, 9.17) is 0 Å². The van der Waals surface area contributed by atoms with E-state index in [1.807, 2.05) is 0 Å². The summed E-state index contributed by atoms with van der Waals surface area (Å²) in [6.45, 7) is 0.377. The second-order valence-electron chi connectivity index (χ2n) is 7.60. The van der Waals surface area contributed by atoms with Gasteiger partial charge in [0, 0.05) is 30.5 Å². The van der Waals surface area contributed by atoms with E-state index in [9.17, 15) is 18.4 Å². The molecule has 0 bridgehead atoms. The predicted octanol–water partition coefficient (Wildman–Crippen LogP) is 4.22. The molecule has 1 saturated carbocycles. The zero-order valence-corrected chi connectivity index (χ0v) is 17.9. The minimum absolute atomic E-state index is 0.0981. The van der Waals surface area contributed by atoms with Gasteiger partial charge in [-0.1, -0.05) is 0 Å². The standard InChI is InChI=1S/C22H18F2N4O4S/c23-22(24)31-17-4-3-14(10-18(17)32-22)28-21(30)19-15(6-8-33-19)26-11-12-5-7-25-16(9-12)20(29)27-13-1-2-13/h3-10,13,26H,1-2,11H2,(H,27,29)(H,28,30). The van der Waals surface area contributed by atoms with Crippen LogP contribution in [0.4, 0.5) is 20.2 Å². The SMILES string of the molecule is O=C(NC1CC1)c1cc(CNc2ccsc2C(=O)Nc2ccc3c(c2)OC(F)(F)O3)ccn1. The monoisotopic (exact) mass is 472 g/mol. The number of alkyl halides is 2. The quantitative estimate of drug-likeness (QED) is 0.476. The van der Waals surface area contributed by atoms with Crippen LogP contribution in [-0.2, 0) is 6.54 Å². The van der Waals surface area contributed by atoms with Crippen LogP contribution in [0.1, 0.15) is 38.6 Å². The van der Waals surface area contributed by atoms with Crippen LogP contribution in [0.15, 0.2) is 48.0 Å². The fourth-order valence-electron chi connectivity index (χ4n) is 3.23. The number of carbonyl (C=O) groups excluding carboxylic acids is 2. The maximum atomic E-state index is 13.2. The van der Waals surface area contributed by atoms with Crippen molar-refractivity contribution in [1.82, 2.24) is 10.3 Å². The van der Waals surface area contributed by atoms with Crippen LogP contribution in [0.2, 0.25) is 0 Å². The fourth-order valence-corrected chi connectivity index (χ4v) is 4.00. The molecule has 2 aliphatic rings. The molecule has 0 saturated heterocycles. The molecule has 1 aromatic carbocycles. The Balaban J connectivity index is 1.23. The maximum absolute atomic E-state index is 13.2. The molecule has 1 aliphatic heterocycles. The van der Waals surface area contributed by atoms with Crippen LogP contribution < -0.4 is 25.4 Å². The van der Waals surface area contributed by atoms with Crippen LogP contribution in [0, 0.1) is 0 Å². The van der Waals surface area contributed by atoms with Gasteiger partial charge >= 0.3 is 6.29 Å². The van der Waals surface area contributed by atoms with Crippen LogP contribution in [0.25, 0.3) is 0 Å². The van der Waals surface area contributed by atoms with Crippen molar-refractivity contribution in [1.29, 1.82) is 0 Å². The predicted molar refractivity (Wildman–Crippen MR) is 117 cm³/mol.